The van der Waals surface area contributed by atoms with Gasteiger partial charge in [0.25, 0.3) is 5.91 Å². The molecule has 0 bridgehead atoms. The first-order valence-corrected chi connectivity index (χ1v) is 6.70. The van der Waals surface area contributed by atoms with Gasteiger partial charge >= 0.3 is 0 Å². The highest BCUT2D eigenvalue weighted by Crippen LogP contribution is 2.24. The van der Waals surface area contributed by atoms with Crippen molar-refractivity contribution in [2.24, 2.45) is 5.73 Å². The fourth-order valence-electron chi connectivity index (χ4n) is 1.59. The van der Waals surface area contributed by atoms with Gasteiger partial charge in [-0.2, -0.15) is 0 Å². The van der Waals surface area contributed by atoms with Gasteiger partial charge in [-0.1, -0.05) is 45.7 Å². The van der Waals surface area contributed by atoms with Gasteiger partial charge in [-0.05, 0) is 24.3 Å². The molecule has 1 amide bonds. The molecular formula is C14H11BrClNO2. The zero-order chi connectivity index (χ0) is 13.8. The second-order valence-electron chi connectivity index (χ2n) is 3.88. The van der Waals surface area contributed by atoms with Gasteiger partial charge < -0.3 is 10.5 Å². The maximum Gasteiger partial charge on any atom is 0.252 e. The lowest BCUT2D eigenvalue weighted by molar-refractivity contribution is 0.0996. The number of benzene rings is 2. The van der Waals surface area contributed by atoms with Gasteiger partial charge in [0.1, 0.15) is 12.4 Å². The van der Waals surface area contributed by atoms with Gasteiger partial charge in [0.05, 0.1) is 5.56 Å². The molecule has 2 N–H and O–H groups in total. The first-order valence-electron chi connectivity index (χ1n) is 5.53. The van der Waals surface area contributed by atoms with E-state index in [1.165, 1.54) is 6.07 Å². The molecule has 2 aromatic rings. The molecule has 0 saturated heterocycles. The number of halogens is 2. The third-order valence-corrected chi connectivity index (χ3v) is 3.56. The predicted octanol–water partition coefficient (Wildman–Crippen LogP) is 3.78. The molecule has 0 fully saturated rings. The van der Waals surface area contributed by atoms with E-state index in [2.05, 4.69) is 15.9 Å². The van der Waals surface area contributed by atoms with Crippen molar-refractivity contribution in [1.29, 1.82) is 0 Å². The molecule has 0 unspecified atom stereocenters. The van der Waals surface area contributed by atoms with Crippen LogP contribution in [0.2, 0.25) is 5.02 Å². The van der Waals surface area contributed by atoms with Gasteiger partial charge in [-0.15, -0.1) is 0 Å². The Morgan fingerprint density at radius 2 is 2.00 bits per heavy atom. The lowest BCUT2D eigenvalue weighted by atomic mass is 10.2. The predicted molar refractivity (Wildman–Crippen MR) is 78.4 cm³/mol. The second-order valence-corrected chi connectivity index (χ2v) is 5.18. The summed E-state index contributed by atoms with van der Waals surface area (Å²) in [7, 11) is 0. The summed E-state index contributed by atoms with van der Waals surface area (Å²) >= 11 is 9.27. The maximum absolute atomic E-state index is 11.3. The molecule has 0 atom stereocenters. The zero-order valence-corrected chi connectivity index (χ0v) is 12.2. The molecule has 0 radical (unpaired) electrons. The van der Waals surface area contributed by atoms with Gasteiger partial charge in [0.2, 0.25) is 0 Å². The molecule has 0 spiro atoms. The molecule has 0 heterocycles. The Labute approximate surface area is 124 Å². The van der Waals surface area contributed by atoms with Crippen LogP contribution in [0, 0.1) is 0 Å². The van der Waals surface area contributed by atoms with E-state index in [0.29, 0.717) is 17.4 Å². The van der Waals surface area contributed by atoms with E-state index in [0.717, 1.165) is 10.0 Å². The maximum atomic E-state index is 11.3. The molecule has 0 aliphatic heterocycles. The summed E-state index contributed by atoms with van der Waals surface area (Å²) < 4.78 is 6.58. The smallest absolute Gasteiger partial charge is 0.252 e. The molecule has 19 heavy (non-hydrogen) atoms. The average molecular weight is 341 g/mol. The standard InChI is InChI=1S/C14H11BrClNO2/c15-12-4-2-1-3-9(12)8-19-13-6-5-10(16)7-11(13)14(17)18/h1-7H,8H2,(H2,17,18). The molecular weight excluding hydrogens is 330 g/mol. The van der Waals surface area contributed by atoms with Gasteiger partial charge in [-0.3, -0.25) is 4.79 Å². The number of primary amides is 1. The van der Waals surface area contributed by atoms with Crippen molar-refractivity contribution < 1.29 is 9.53 Å². The summed E-state index contributed by atoms with van der Waals surface area (Å²) in [5.41, 5.74) is 6.55. The van der Waals surface area contributed by atoms with Crippen LogP contribution in [0.5, 0.6) is 5.75 Å². The van der Waals surface area contributed by atoms with Crippen molar-refractivity contribution in [1.82, 2.24) is 0 Å². The van der Waals surface area contributed by atoms with E-state index in [4.69, 9.17) is 22.1 Å². The Kier molecular flexibility index (Phi) is 4.45. The quantitative estimate of drug-likeness (QED) is 0.921. The molecule has 2 rings (SSSR count). The zero-order valence-electron chi connectivity index (χ0n) is 9.90. The minimum Gasteiger partial charge on any atom is -0.488 e. The number of hydrogen-bond donors (Lipinski definition) is 1. The fourth-order valence-corrected chi connectivity index (χ4v) is 2.16. The van der Waals surface area contributed by atoms with Crippen LogP contribution in [0.4, 0.5) is 0 Å². The largest absolute Gasteiger partial charge is 0.488 e. The molecule has 2 aromatic carbocycles. The lowest BCUT2D eigenvalue weighted by Crippen LogP contribution is -2.13. The minimum absolute atomic E-state index is 0.277. The number of hydrogen-bond acceptors (Lipinski definition) is 2. The molecule has 0 aromatic heterocycles. The number of carbonyl (C=O) groups is 1. The molecule has 0 aliphatic carbocycles. The number of nitrogens with two attached hydrogens (primary N) is 1. The van der Waals surface area contributed by atoms with Crippen LogP contribution < -0.4 is 10.5 Å². The highest BCUT2D eigenvalue weighted by atomic mass is 79.9. The molecule has 0 saturated carbocycles. The lowest BCUT2D eigenvalue weighted by Gasteiger charge is -2.11. The van der Waals surface area contributed by atoms with Crippen LogP contribution in [0.3, 0.4) is 0 Å². The Morgan fingerprint density at radius 1 is 1.26 bits per heavy atom. The highest BCUT2D eigenvalue weighted by Gasteiger charge is 2.10. The van der Waals surface area contributed by atoms with Crippen LogP contribution in [-0.2, 0) is 6.61 Å². The number of carbonyl (C=O) groups excluding carboxylic acids is 1. The number of ether oxygens (including phenoxy) is 1. The van der Waals surface area contributed by atoms with E-state index in [9.17, 15) is 4.79 Å². The summed E-state index contributed by atoms with van der Waals surface area (Å²) in [5, 5.41) is 0.446. The van der Waals surface area contributed by atoms with Crippen molar-refractivity contribution in [3.05, 3.63) is 63.1 Å². The number of rotatable bonds is 4. The van der Waals surface area contributed by atoms with Crippen molar-refractivity contribution in [3.8, 4) is 5.75 Å². The average Bonchev–Trinajstić information content (AvgIpc) is 2.38. The van der Waals surface area contributed by atoms with Crippen LogP contribution >= 0.6 is 27.5 Å². The van der Waals surface area contributed by atoms with Crippen molar-refractivity contribution in [3.63, 3.8) is 0 Å². The Balaban J connectivity index is 2.20. The number of amides is 1. The van der Waals surface area contributed by atoms with E-state index >= 15 is 0 Å². The van der Waals surface area contributed by atoms with E-state index < -0.39 is 5.91 Å². The van der Waals surface area contributed by atoms with Crippen molar-refractivity contribution in [2.75, 3.05) is 0 Å². The minimum atomic E-state index is -0.565. The third kappa shape index (κ3) is 3.49. The molecule has 0 aliphatic rings. The van der Waals surface area contributed by atoms with Crippen molar-refractivity contribution >= 4 is 33.4 Å². The van der Waals surface area contributed by atoms with Crippen molar-refractivity contribution in [2.45, 2.75) is 6.61 Å². The summed E-state index contributed by atoms with van der Waals surface area (Å²) in [5.74, 6) is -0.141. The fraction of sp³-hybridized carbons (Fsp3) is 0.0714. The summed E-state index contributed by atoms with van der Waals surface area (Å²) in [6.07, 6.45) is 0. The summed E-state index contributed by atoms with van der Waals surface area (Å²) in [6, 6.07) is 12.5. The Hall–Kier alpha value is -1.52. The monoisotopic (exact) mass is 339 g/mol. The molecule has 98 valence electrons. The summed E-state index contributed by atoms with van der Waals surface area (Å²) in [6.45, 7) is 0.337. The SMILES string of the molecule is NC(=O)c1cc(Cl)ccc1OCc1ccccc1Br. The Morgan fingerprint density at radius 3 is 2.68 bits per heavy atom. The first-order chi connectivity index (χ1) is 9.08. The van der Waals surface area contributed by atoms with Crippen LogP contribution in [0.1, 0.15) is 15.9 Å². The van der Waals surface area contributed by atoms with E-state index in [-0.39, 0.29) is 5.56 Å². The van der Waals surface area contributed by atoms with E-state index in [1.54, 1.807) is 12.1 Å². The second kappa shape index (κ2) is 6.08. The van der Waals surface area contributed by atoms with Gasteiger partial charge in [-0.25, -0.2) is 0 Å². The summed E-state index contributed by atoms with van der Waals surface area (Å²) in [4.78, 5) is 11.3. The topological polar surface area (TPSA) is 52.3 Å². The van der Waals surface area contributed by atoms with Crippen LogP contribution in [0.15, 0.2) is 46.9 Å². The first kappa shape index (κ1) is 13.9. The van der Waals surface area contributed by atoms with Gasteiger partial charge in [0.15, 0.2) is 0 Å². The third-order valence-electron chi connectivity index (χ3n) is 2.55. The normalized spacial score (nSPS) is 10.2. The molecule has 3 nitrogen and oxygen atoms in total. The van der Waals surface area contributed by atoms with Gasteiger partial charge in [0, 0.05) is 15.1 Å². The van der Waals surface area contributed by atoms with E-state index in [1.807, 2.05) is 24.3 Å². The molecule has 5 heteroatoms. The van der Waals surface area contributed by atoms with Crippen LogP contribution in [0.25, 0.3) is 0 Å². The Bertz CT molecular complexity index is 616. The van der Waals surface area contributed by atoms with Crippen LogP contribution in [-0.4, -0.2) is 5.91 Å². The highest BCUT2D eigenvalue weighted by molar-refractivity contribution is 9.10.